The number of aliphatic hydroxyl groups is 1. The quantitative estimate of drug-likeness (QED) is 0.640. The van der Waals surface area contributed by atoms with Gasteiger partial charge in [-0.3, -0.25) is 14.9 Å². The molecule has 6 nitrogen and oxygen atoms in total. The number of nitro groups is 1. The molecule has 1 aliphatic heterocycles. The summed E-state index contributed by atoms with van der Waals surface area (Å²) in [7, 11) is 0. The molecular weight excluding hydrogens is 236 g/mol. The third kappa shape index (κ3) is 2.19. The third-order valence-corrected chi connectivity index (χ3v) is 3.14. The van der Waals surface area contributed by atoms with Crippen molar-refractivity contribution in [3.63, 3.8) is 0 Å². The summed E-state index contributed by atoms with van der Waals surface area (Å²) in [5.41, 5.74) is 0.947. The molecule has 2 rings (SSSR count). The molecule has 1 amide bonds. The molecular formula is C12H14N2O4. The van der Waals surface area contributed by atoms with E-state index in [4.69, 9.17) is 5.11 Å². The Balaban J connectivity index is 2.13. The SMILES string of the molecule is Cc1cc(C(=O)N2CC(CO)C2)ccc1[N+](=O)[O-]. The van der Waals surface area contributed by atoms with E-state index < -0.39 is 4.92 Å². The molecule has 0 spiro atoms. The standard InChI is InChI=1S/C12H14N2O4/c1-8-4-10(2-3-11(8)14(17)18)12(16)13-5-9(6-13)7-15/h2-4,9,15H,5-7H2,1H3. The van der Waals surface area contributed by atoms with Crippen molar-refractivity contribution in [2.75, 3.05) is 19.7 Å². The highest BCUT2D eigenvalue weighted by Gasteiger charge is 2.30. The molecule has 0 unspecified atom stereocenters. The summed E-state index contributed by atoms with van der Waals surface area (Å²) >= 11 is 0. The molecule has 1 saturated heterocycles. The number of nitro benzene ring substituents is 1. The predicted molar refractivity (Wildman–Crippen MR) is 64.3 cm³/mol. The molecule has 96 valence electrons. The molecule has 0 saturated carbocycles. The number of carbonyl (C=O) groups is 1. The predicted octanol–water partition coefficient (Wildman–Crippen LogP) is 0.968. The first-order valence-electron chi connectivity index (χ1n) is 5.68. The Bertz CT molecular complexity index is 495. The molecule has 1 heterocycles. The van der Waals surface area contributed by atoms with Crippen molar-refractivity contribution in [2.24, 2.45) is 5.92 Å². The van der Waals surface area contributed by atoms with E-state index in [9.17, 15) is 14.9 Å². The fourth-order valence-corrected chi connectivity index (χ4v) is 2.03. The summed E-state index contributed by atoms with van der Waals surface area (Å²) in [6.45, 7) is 2.79. The second-order valence-corrected chi connectivity index (χ2v) is 4.52. The zero-order chi connectivity index (χ0) is 13.3. The van der Waals surface area contributed by atoms with Crippen LogP contribution in [0.3, 0.4) is 0 Å². The molecule has 1 aliphatic rings. The lowest BCUT2D eigenvalue weighted by molar-refractivity contribution is -0.385. The van der Waals surface area contributed by atoms with Crippen molar-refractivity contribution in [1.29, 1.82) is 0 Å². The number of amides is 1. The van der Waals surface area contributed by atoms with Crippen LogP contribution in [0.1, 0.15) is 15.9 Å². The molecule has 18 heavy (non-hydrogen) atoms. The Labute approximate surface area is 104 Å². The lowest BCUT2D eigenvalue weighted by Gasteiger charge is -2.38. The molecule has 0 radical (unpaired) electrons. The van der Waals surface area contributed by atoms with E-state index in [0.29, 0.717) is 24.2 Å². The van der Waals surface area contributed by atoms with Crippen LogP contribution in [0.2, 0.25) is 0 Å². The Kier molecular flexibility index (Phi) is 3.29. The largest absolute Gasteiger partial charge is 0.396 e. The van der Waals surface area contributed by atoms with Gasteiger partial charge in [0.15, 0.2) is 0 Å². The molecule has 0 aromatic heterocycles. The molecule has 0 bridgehead atoms. The Morgan fingerprint density at radius 3 is 2.72 bits per heavy atom. The van der Waals surface area contributed by atoms with Gasteiger partial charge >= 0.3 is 0 Å². The van der Waals surface area contributed by atoms with Gasteiger partial charge in [-0.2, -0.15) is 0 Å². The number of benzene rings is 1. The van der Waals surface area contributed by atoms with E-state index in [-0.39, 0.29) is 24.1 Å². The first-order chi connectivity index (χ1) is 8.52. The summed E-state index contributed by atoms with van der Waals surface area (Å²) < 4.78 is 0. The highest BCUT2D eigenvalue weighted by atomic mass is 16.6. The second-order valence-electron chi connectivity index (χ2n) is 4.52. The fraction of sp³-hybridized carbons (Fsp3) is 0.417. The molecule has 1 fully saturated rings. The van der Waals surface area contributed by atoms with E-state index in [1.807, 2.05) is 0 Å². The summed E-state index contributed by atoms with van der Waals surface area (Å²) in [4.78, 5) is 23.8. The molecule has 0 atom stereocenters. The van der Waals surface area contributed by atoms with Crippen LogP contribution in [0, 0.1) is 23.0 Å². The fourth-order valence-electron chi connectivity index (χ4n) is 2.03. The number of likely N-dealkylation sites (tertiary alicyclic amines) is 1. The van der Waals surface area contributed by atoms with Crippen molar-refractivity contribution in [2.45, 2.75) is 6.92 Å². The van der Waals surface area contributed by atoms with Crippen molar-refractivity contribution in [1.82, 2.24) is 4.90 Å². The minimum Gasteiger partial charge on any atom is -0.396 e. The Morgan fingerprint density at radius 2 is 2.22 bits per heavy atom. The Hall–Kier alpha value is -1.95. The molecule has 6 heteroatoms. The zero-order valence-corrected chi connectivity index (χ0v) is 10.00. The van der Waals surface area contributed by atoms with Crippen LogP contribution in [0.4, 0.5) is 5.69 Å². The first kappa shape index (κ1) is 12.5. The van der Waals surface area contributed by atoms with E-state index >= 15 is 0 Å². The van der Waals surface area contributed by atoms with E-state index in [1.54, 1.807) is 11.8 Å². The van der Waals surface area contributed by atoms with Crippen LogP contribution in [0.15, 0.2) is 18.2 Å². The van der Waals surface area contributed by atoms with E-state index in [2.05, 4.69) is 0 Å². The topological polar surface area (TPSA) is 83.7 Å². The zero-order valence-electron chi connectivity index (χ0n) is 10.00. The number of nitrogens with zero attached hydrogens (tertiary/aromatic N) is 2. The van der Waals surface area contributed by atoms with Crippen LogP contribution in [0.25, 0.3) is 0 Å². The van der Waals surface area contributed by atoms with Crippen molar-refractivity contribution < 1.29 is 14.8 Å². The van der Waals surface area contributed by atoms with E-state index in [1.165, 1.54) is 18.2 Å². The van der Waals surface area contributed by atoms with Gasteiger partial charge in [0, 0.05) is 42.8 Å². The van der Waals surface area contributed by atoms with Gasteiger partial charge in [-0.1, -0.05) is 0 Å². The number of hydrogen-bond acceptors (Lipinski definition) is 4. The second kappa shape index (κ2) is 4.73. The van der Waals surface area contributed by atoms with Gasteiger partial charge in [0.05, 0.1) is 4.92 Å². The molecule has 1 N–H and O–H groups in total. The summed E-state index contributed by atoms with van der Waals surface area (Å²) in [5, 5.41) is 19.6. The van der Waals surface area contributed by atoms with Crippen LogP contribution < -0.4 is 0 Å². The summed E-state index contributed by atoms with van der Waals surface area (Å²) in [6, 6.07) is 4.36. The minimum absolute atomic E-state index is 0.0170. The van der Waals surface area contributed by atoms with Crippen LogP contribution in [-0.2, 0) is 0 Å². The average Bonchev–Trinajstić information content (AvgIpc) is 2.26. The van der Waals surface area contributed by atoms with Gasteiger partial charge in [0.25, 0.3) is 11.6 Å². The van der Waals surface area contributed by atoms with Gasteiger partial charge in [0.1, 0.15) is 0 Å². The average molecular weight is 250 g/mol. The number of carbonyl (C=O) groups excluding carboxylic acids is 1. The van der Waals surface area contributed by atoms with Gasteiger partial charge < -0.3 is 10.0 Å². The number of rotatable bonds is 3. The normalized spacial score (nSPS) is 15.3. The molecule has 1 aromatic carbocycles. The van der Waals surface area contributed by atoms with Gasteiger partial charge in [-0.15, -0.1) is 0 Å². The smallest absolute Gasteiger partial charge is 0.272 e. The molecule has 1 aromatic rings. The number of aryl methyl sites for hydroxylation is 1. The maximum Gasteiger partial charge on any atom is 0.272 e. The van der Waals surface area contributed by atoms with Crippen molar-refractivity contribution in [3.05, 3.63) is 39.4 Å². The maximum absolute atomic E-state index is 12.0. The molecule has 0 aliphatic carbocycles. The highest BCUT2D eigenvalue weighted by Crippen LogP contribution is 2.22. The van der Waals surface area contributed by atoms with Gasteiger partial charge in [0.2, 0.25) is 0 Å². The summed E-state index contributed by atoms with van der Waals surface area (Å²) in [6.07, 6.45) is 0. The third-order valence-electron chi connectivity index (χ3n) is 3.14. The van der Waals surface area contributed by atoms with Crippen LogP contribution in [-0.4, -0.2) is 40.5 Å². The maximum atomic E-state index is 12.0. The highest BCUT2D eigenvalue weighted by molar-refractivity contribution is 5.95. The Morgan fingerprint density at radius 1 is 1.56 bits per heavy atom. The lowest BCUT2D eigenvalue weighted by Crippen LogP contribution is -2.51. The number of hydrogen-bond donors (Lipinski definition) is 1. The number of aliphatic hydroxyl groups excluding tert-OH is 1. The minimum atomic E-state index is -0.463. The van der Waals surface area contributed by atoms with E-state index in [0.717, 1.165) is 0 Å². The first-order valence-corrected chi connectivity index (χ1v) is 5.68. The van der Waals surface area contributed by atoms with Crippen molar-refractivity contribution >= 4 is 11.6 Å². The van der Waals surface area contributed by atoms with Crippen LogP contribution in [0.5, 0.6) is 0 Å². The van der Waals surface area contributed by atoms with Crippen molar-refractivity contribution in [3.8, 4) is 0 Å². The van der Waals surface area contributed by atoms with Crippen LogP contribution >= 0.6 is 0 Å². The lowest BCUT2D eigenvalue weighted by atomic mass is 9.99. The summed E-state index contributed by atoms with van der Waals surface area (Å²) in [5.74, 6) is 0.0193. The van der Waals surface area contributed by atoms with Gasteiger partial charge in [-0.05, 0) is 19.1 Å². The van der Waals surface area contributed by atoms with Gasteiger partial charge in [-0.25, -0.2) is 0 Å². The monoisotopic (exact) mass is 250 g/mol.